The highest BCUT2D eigenvalue weighted by Gasteiger charge is 2.28. The van der Waals surface area contributed by atoms with Crippen molar-refractivity contribution in [1.82, 2.24) is 4.90 Å². The lowest BCUT2D eigenvalue weighted by atomic mass is 10.2. The number of carbonyl (C=O) groups excluding carboxylic acids is 2. The minimum atomic E-state index is -0.634. The summed E-state index contributed by atoms with van der Waals surface area (Å²) in [5.74, 6) is -0.454. The average molecular weight is 332 g/mol. The highest BCUT2D eigenvalue weighted by atomic mass is 16.5. The van der Waals surface area contributed by atoms with Crippen molar-refractivity contribution in [2.24, 2.45) is 0 Å². The number of anilines is 1. The Hall–Kier alpha value is -2.38. The maximum Gasteiger partial charge on any atom is 0.291 e. The Bertz CT molecular complexity index is 749. The molecule has 1 fully saturated rings. The van der Waals surface area contributed by atoms with Gasteiger partial charge in [0.25, 0.3) is 11.8 Å². The molecule has 2 amide bonds. The van der Waals surface area contributed by atoms with Gasteiger partial charge in [0.05, 0.1) is 13.2 Å². The van der Waals surface area contributed by atoms with Gasteiger partial charge in [0.1, 0.15) is 17.4 Å². The number of morpholine rings is 1. The number of benzene rings is 1. The number of amides is 2. The molecule has 1 N–H and O–H groups in total. The molecule has 7 nitrogen and oxygen atoms in total. The molecule has 0 saturated carbocycles. The van der Waals surface area contributed by atoms with Crippen molar-refractivity contribution >= 4 is 28.5 Å². The first-order valence-electron chi connectivity index (χ1n) is 7.84. The molecular formula is C17H20N2O5. The first-order chi connectivity index (χ1) is 11.6. The lowest BCUT2D eigenvalue weighted by molar-refractivity contribution is -0.124. The Morgan fingerprint density at radius 1 is 1.25 bits per heavy atom. The SMILES string of the molecule is CO[C@H](C)C(=O)Nc1c(C(=O)N2CCOCC2)oc2ccccc12. The highest BCUT2D eigenvalue weighted by Crippen LogP contribution is 2.32. The number of rotatable bonds is 4. The van der Waals surface area contributed by atoms with Crippen LogP contribution in [0.2, 0.25) is 0 Å². The molecule has 1 aromatic heterocycles. The van der Waals surface area contributed by atoms with Gasteiger partial charge < -0.3 is 24.1 Å². The van der Waals surface area contributed by atoms with Gasteiger partial charge in [-0.25, -0.2) is 0 Å². The fourth-order valence-electron chi connectivity index (χ4n) is 2.56. The van der Waals surface area contributed by atoms with Crippen molar-refractivity contribution in [2.45, 2.75) is 13.0 Å². The van der Waals surface area contributed by atoms with Gasteiger partial charge in [0, 0.05) is 25.6 Å². The molecule has 0 spiro atoms. The fourth-order valence-corrected chi connectivity index (χ4v) is 2.56. The van der Waals surface area contributed by atoms with E-state index in [2.05, 4.69) is 5.32 Å². The number of nitrogens with zero attached hydrogens (tertiary/aromatic N) is 1. The zero-order chi connectivity index (χ0) is 17.1. The van der Waals surface area contributed by atoms with Crippen LogP contribution in [0.15, 0.2) is 28.7 Å². The summed E-state index contributed by atoms with van der Waals surface area (Å²) in [4.78, 5) is 26.7. The van der Waals surface area contributed by atoms with Gasteiger partial charge in [0.15, 0.2) is 0 Å². The minimum absolute atomic E-state index is 0.134. The van der Waals surface area contributed by atoms with Gasteiger partial charge in [-0.1, -0.05) is 12.1 Å². The smallest absolute Gasteiger partial charge is 0.291 e. The van der Waals surface area contributed by atoms with Crippen LogP contribution in [-0.2, 0) is 14.3 Å². The molecule has 2 heterocycles. The number of hydrogen-bond acceptors (Lipinski definition) is 5. The van der Waals surface area contributed by atoms with Crippen molar-refractivity contribution < 1.29 is 23.5 Å². The second-order valence-corrected chi connectivity index (χ2v) is 5.57. The number of hydrogen-bond donors (Lipinski definition) is 1. The van der Waals surface area contributed by atoms with E-state index in [0.717, 1.165) is 0 Å². The number of furan rings is 1. The van der Waals surface area contributed by atoms with Gasteiger partial charge in [-0.05, 0) is 19.1 Å². The largest absolute Gasteiger partial charge is 0.449 e. The summed E-state index contributed by atoms with van der Waals surface area (Å²) in [7, 11) is 1.46. The van der Waals surface area contributed by atoms with Crippen LogP contribution < -0.4 is 5.32 Å². The van der Waals surface area contributed by atoms with Crippen LogP contribution in [0, 0.1) is 0 Å². The van der Waals surface area contributed by atoms with E-state index in [4.69, 9.17) is 13.9 Å². The molecular weight excluding hydrogens is 312 g/mol. The van der Waals surface area contributed by atoms with Crippen molar-refractivity contribution in [3.05, 3.63) is 30.0 Å². The molecule has 1 aliphatic heterocycles. The van der Waals surface area contributed by atoms with E-state index in [1.807, 2.05) is 18.2 Å². The number of nitrogens with one attached hydrogen (secondary N) is 1. The maximum absolute atomic E-state index is 12.8. The van der Waals surface area contributed by atoms with Crippen molar-refractivity contribution in [1.29, 1.82) is 0 Å². The highest BCUT2D eigenvalue weighted by molar-refractivity contribution is 6.11. The zero-order valence-corrected chi connectivity index (χ0v) is 13.7. The number of carbonyl (C=O) groups is 2. The van der Waals surface area contributed by atoms with Crippen LogP contribution in [0.25, 0.3) is 11.0 Å². The van der Waals surface area contributed by atoms with Crippen LogP contribution in [0.3, 0.4) is 0 Å². The zero-order valence-electron chi connectivity index (χ0n) is 13.7. The van der Waals surface area contributed by atoms with Crippen LogP contribution in [0.5, 0.6) is 0 Å². The predicted molar refractivity (Wildman–Crippen MR) is 88.0 cm³/mol. The van der Waals surface area contributed by atoms with Crippen LogP contribution in [0.4, 0.5) is 5.69 Å². The Morgan fingerprint density at radius 3 is 2.67 bits per heavy atom. The molecule has 2 aromatic rings. The van der Waals surface area contributed by atoms with E-state index in [-0.39, 0.29) is 17.6 Å². The van der Waals surface area contributed by atoms with Gasteiger partial charge in [-0.3, -0.25) is 9.59 Å². The van der Waals surface area contributed by atoms with Gasteiger partial charge >= 0.3 is 0 Å². The van der Waals surface area contributed by atoms with E-state index >= 15 is 0 Å². The summed E-state index contributed by atoms with van der Waals surface area (Å²) in [6.45, 7) is 3.62. The third kappa shape index (κ3) is 3.13. The Morgan fingerprint density at radius 2 is 1.96 bits per heavy atom. The standard InChI is InChI=1S/C17H20N2O5/c1-11(22-2)16(20)18-14-12-5-3-4-6-13(12)24-15(14)17(21)19-7-9-23-10-8-19/h3-6,11H,7-10H2,1-2H3,(H,18,20)/t11-/m1/s1. The normalized spacial score (nSPS) is 16.2. The van der Waals surface area contributed by atoms with Crippen LogP contribution >= 0.6 is 0 Å². The summed E-state index contributed by atoms with van der Waals surface area (Å²) in [6.07, 6.45) is -0.634. The van der Waals surface area contributed by atoms with E-state index in [9.17, 15) is 9.59 Å². The number of methoxy groups -OCH3 is 1. The second-order valence-electron chi connectivity index (χ2n) is 5.57. The average Bonchev–Trinajstić information content (AvgIpc) is 2.99. The first-order valence-corrected chi connectivity index (χ1v) is 7.84. The summed E-state index contributed by atoms with van der Waals surface area (Å²) >= 11 is 0. The van der Waals surface area contributed by atoms with E-state index in [0.29, 0.717) is 43.0 Å². The van der Waals surface area contributed by atoms with Crippen molar-refractivity contribution in [3.8, 4) is 0 Å². The molecule has 0 unspecified atom stereocenters. The van der Waals surface area contributed by atoms with Gasteiger partial charge in [-0.2, -0.15) is 0 Å². The van der Waals surface area contributed by atoms with E-state index < -0.39 is 6.10 Å². The number of ether oxygens (including phenoxy) is 2. The molecule has 1 aromatic carbocycles. The van der Waals surface area contributed by atoms with Crippen LogP contribution in [0.1, 0.15) is 17.5 Å². The molecule has 7 heteroatoms. The maximum atomic E-state index is 12.8. The molecule has 1 aliphatic rings. The summed E-state index contributed by atoms with van der Waals surface area (Å²) in [5.41, 5.74) is 0.936. The third-order valence-corrected chi connectivity index (χ3v) is 4.06. The Labute approximate surface area is 139 Å². The van der Waals surface area contributed by atoms with E-state index in [1.54, 1.807) is 17.9 Å². The summed E-state index contributed by atoms with van der Waals surface area (Å²) in [6, 6.07) is 7.22. The summed E-state index contributed by atoms with van der Waals surface area (Å²) in [5, 5.41) is 3.45. The van der Waals surface area contributed by atoms with Crippen LogP contribution in [-0.4, -0.2) is 56.2 Å². The quantitative estimate of drug-likeness (QED) is 0.924. The monoisotopic (exact) mass is 332 g/mol. The first kappa shape index (κ1) is 16.5. The van der Waals surface area contributed by atoms with Gasteiger partial charge in [0.2, 0.25) is 5.76 Å². The number of para-hydroxylation sites is 1. The second kappa shape index (κ2) is 7.02. The van der Waals surface area contributed by atoms with Crippen molar-refractivity contribution in [3.63, 3.8) is 0 Å². The molecule has 0 bridgehead atoms. The lowest BCUT2D eigenvalue weighted by Gasteiger charge is -2.26. The third-order valence-electron chi connectivity index (χ3n) is 4.06. The van der Waals surface area contributed by atoms with Crippen molar-refractivity contribution in [2.75, 3.05) is 38.7 Å². The predicted octanol–water partition coefficient (Wildman–Crippen LogP) is 1.88. The summed E-state index contributed by atoms with van der Waals surface area (Å²) < 4.78 is 16.1. The topological polar surface area (TPSA) is 81.0 Å². The molecule has 0 aliphatic carbocycles. The fraction of sp³-hybridized carbons (Fsp3) is 0.412. The molecule has 0 radical (unpaired) electrons. The molecule has 1 saturated heterocycles. The molecule has 3 rings (SSSR count). The molecule has 24 heavy (non-hydrogen) atoms. The molecule has 128 valence electrons. The Kier molecular flexibility index (Phi) is 4.82. The van der Waals surface area contributed by atoms with Gasteiger partial charge in [-0.15, -0.1) is 0 Å². The lowest BCUT2D eigenvalue weighted by Crippen LogP contribution is -2.41. The van der Waals surface area contributed by atoms with E-state index in [1.165, 1.54) is 7.11 Å². The number of fused-ring (bicyclic) bond motifs is 1. The minimum Gasteiger partial charge on any atom is -0.449 e. The Balaban J connectivity index is 1.98. The molecule has 1 atom stereocenters.